The number of hydrogen-bond acceptors (Lipinski definition) is 4. The SMILES string of the molecule is COc1cccc2c1C1CN(CCCCN)CC1CO2. The van der Waals surface area contributed by atoms with Crippen LogP contribution >= 0.6 is 0 Å². The Balaban J connectivity index is 1.75. The summed E-state index contributed by atoms with van der Waals surface area (Å²) >= 11 is 0. The van der Waals surface area contributed by atoms with Crippen molar-refractivity contribution >= 4 is 0 Å². The fourth-order valence-electron chi connectivity index (χ4n) is 3.51. The number of ether oxygens (including phenoxy) is 2. The minimum Gasteiger partial charge on any atom is -0.496 e. The number of rotatable bonds is 5. The maximum Gasteiger partial charge on any atom is 0.126 e. The van der Waals surface area contributed by atoms with Gasteiger partial charge in [-0.1, -0.05) is 6.07 Å². The van der Waals surface area contributed by atoms with E-state index in [1.54, 1.807) is 7.11 Å². The monoisotopic (exact) mass is 276 g/mol. The van der Waals surface area contributed by atoms with Crippen LogP contribution in [0.15, 0.2) is 18.2 Å². The van der Waals surface area contributed by atoms with E-state index in [4.69, 9.17) is 15.2 Å². The Morgan fingerprint density at radius 1 is 1.35 bits per heavy atom. The summed E-state index contributed by atoms with van der Waals surface area (Å²) in [4.78, 5) is 2.55. The zero-order valence-electron chi connectivity index (χ0n) is 12.2. The molecule has 1 saturated heterocycles. The quantitative estimate of drug-likeness (QED) is 0.834. The first-order valence-corrected chi connectivity index (χ1v) is 7.55. The van der Waals surface area contributed by atoms with Gasteiger partial charge in [-0.15, -0.1) is 0 Å². The predicted octanol–water partition coefficient (Wildman–Crippen LogP) is 1.84. The molecule has 2 aliphatic heterocycles. The second-order valence-electron chi connectivity index (χ2n) is 5.81. The van der Waals surface area contributed by atoms with Crippen LogP contribution in [0, 0.1) is 5.92 Å². The maximum atomic E-state index is 5.93. The van der Waals surface area contributed by atoms with Crippen LogP contribution in [0.4, 0.5) is 0 Å². The molecule has 110 valence electrons. The van der Waals surface area contributed by atoms with Crippen LogP contribution in [-0.2, 0) is 0 Å². The first-order valence-electron chi connectivity index (χ1n) is 7.55. The molecule has 2 atom stereocenters. The van der Waals surface area contributed by atoms with Gasteiger partial charge in [0.2, 0.25) is 0 Å². The van der Waals surface area contributed by atoms with Crippen molar-refractivity contribution in [3.8, 4) is 11.5 Å². The Hall–Kier alpha value is -1.26. The lowest BCUT2D eigenvalue weighted by molar-refractivity contribution is 0.209. The third-order valence-corrected chi connectivity index (χ3v) is 4.51. The molecule has 4 nitrogen and oxygen atoms in total. The van der Waals surface area contributed by atoms with Crippen LogP contribution in [0.1, 0.15) is 24.3 Å². The highest BCUT2D eigenvalue weighted by molar-refractivity contribution is 5.49. The van der Waals surface area contributed by atoms with E-state index in [0.717, 1.165) is 50.7 Å². The summed E-state index contributed by atoms with van der Waals surface area (Å²) in [6, 6.07) is 6.11. The smallest absolute Gasteiger partial charge is 0.126 e. The first-order chi connectivity index (χ1) is 9.83. The molecule has 2 unspecified atom stereocenters. The van der Waals surface area contributed by atoms with Gasteiger partial charge in [0.15, 0.2) is 0 Å². The van der Waals surface area contributed by atoms with Crippen LogP contribution in [0.2, 0.25) is 0 Å². The van der Waals surface area contributed by atoms with Gasteiger partial charge < -0.3 is 20.1 Å². The highest BCUT2D eigenvalue weighted by Crippen LogP contribution is 2.45. The number of fused-ring (bicyclic) bond motifs is 3. The molecule has 0 bridgehead atoms. The molecule has 1 fully saturated rings. The van der Waals surface area contributed by atoms with Crippen molar-refractivity contribution in [1.29, 1.82) is 0 Å². The molecule has 4 heteroatoms. The topological polar surface area (TPSA) is 47.7 Å². The van der Waals surface area contributed by atoms with Crippen molar-refractivity contribution in [2.24, 2.45) is 11.7 Å². The van der Waals surface area contributed by atoms with E-state index >= 15 is 0 Å². The largest absolute Gasteiger partial charge is 0.496 e. The van der Waals surface area contributed by atoms with E-state index in [2.05, 4.69) is 11.0 Å². The molecule has 2 N–H and O–H groups in total. The molecular weight excluding hydrogens is 252 g/mol. The van der Waals surface area contributed by atoms with E-state index in [0.29, 0.717) is 11.8 Å². The Kier molecular flexibility index (Phi) is 4.13. The molecule has 20 heavy (non-hydrogen) atoms. The molecule has 0 aromatic heterocycles. The first kappa shape index (κ1) is 13.7. The molecule has 2 heterocycles. The van der Waals surface area contributed by atoms with Gasteiger partial charge in [-0.2, -0.15) is 0 Å². The van der Waals surface area contributed by atoms with Gasteiger partial charge in [0.05, 0.1) is 13.7 Å². The van der Waals surface area contributed by atoms with Gasteiger partial charge in [0.25, 0.3) is 0 Å². The molecule has 1 aromatic rings. The third kappa shape index (κ3) is 2.50. The van der Waals surface area contributed by atoms with Crippen molar-refractivity contribution in [3.63, 3.8) is 0 Å². The highest BCUT2D eigenvalue weighted by atomic mass is 16.5. The summed E-state index contributed by atoms with van der Waals surface area (Å²) in [6.07, 6.45) is 2.30. The van der Waals surface area contributed by atoms with E-state index in [9.17, 15) is 0 Å². The number of nitrogens with zero attached hydrogens (tertiary/aromatic N) is 1. The van der Waals surface area contributed by atoms with Crippen molar-refractivity contribution in [2.75, 3.05) is 39.9 Å². The molecule has 1 aromatic carbocycles. The number of methoxy groups -OCH3 is 1. The summed E-state index contributed by atoms with van der Waals surface area (Å²) in [5.41, 5.74) is 6.85. The Morgan fingerprint density at radius 3 is 3.05 bits per heavy atom. The summed E-state index contributed by atoms with van der Waals surface area (Å²) in [6.45, 7) is 5.02. The van der Waals surface area contributed by atoms with Gasteiger partial charge in [-0.3, -0.25) is 0 Å². The van der Waals surface area contributed by atoms with E-state index in [-0.39, 0.29) is 0 Å². The maximum absolute atomic E-state index is 5.93. The Bertz CT molecular complexity index is 450. The molecule has 0 saturated carbocycles. The lowest BCUT2D eigenvalue weighted by Crippen LogP contribution is -2.25. The van der Waals surface area contributed by atoms with E-state index < -0.39 is 0 Å². The minimum atomic E-state index is 0.549. The van der Waals surface area contributed by atoms with Gasteiger partial charge >= 0.3 is 0 Å². The summed E-state index contributed by atoms with van der Waals surface area (Å²) in [5.74, 6) is 3.12. The average Bonchev–Trinajstić information content (AvgIpc) is 2.89. The normalized spacial score (nSPS) is 24.9. The number of benzene rings is 1. The number of nitrogens with two attached hydrogens (primary N) is 1. The third-order valence-electron chi connectivity index (χ3n) is 4.51. The molecule has 0 aliphatic carbocycles. The molecule has 3 rings (SSSR count). The summed E-state index contributed by atoms with van der Waals surface area (Å²) < 4.78 is 11.5. The van der Waals surface area contributed by atoms with Gasteiger partial charge in [0.1, 0.15) is 11.5 Å². The Morgan fingerprint density at radius 2 is 2.25 bits per heavy atom. The summed E-state index contributed by atoms with van der Waals surface area (Å²) in [5, 5.41) is 0. The standard InChI is InChI=1S/C16H24N2O2/c1-19-14-5-4-6-15-16(14)13-10-18(8-3-2-7-17)9-12(13)11-20-15/h4-6,12-13H,2-3,7-11,17H2,1H3. The van der Waals surface area contributed by atoms with Gasteiger partial charge in [-0.25, -0.2) is 0 Å². The number of likely N-dealkylation sites (tertiary alicyclic amines) is 1. The number of hydrogen-bond donors (Lipinski definition) is 1. The molecule has 0 spiro atoms. The number of unbranched alkanes of at least 4 members (excludes halogenated alkanes) is 1. The fraction of sp³-hybridized carbons (Fsp3) is 0.625. The van der Waals surface area contributed by atoms with Crippen LogP contribution in [0.3, 0.4) is 0 Å². The lowest BCUT2D eigenvalue weighted by atomic mass is 9.86. The Labute approximate surface area is 120 Å². The molecule has 0 radical (unpaired) electrons. The predicted molar refractivity (Wildman–Crippen MR) is 79.4 cm³/mol. The lowest BCUT2D eigenvalue weighted by Gasteiger charge is -2.29. The van der Waals surface area contributed by atoms with Crippen LogP contribution in [-0.4, -0.2) is 44.8 Å². The van der Waals surface area contributed by atoms with E-state index in [1.807, 2.05) is 12.1 Å². The van der Waals surface area contributed by atoms with Gasteiger partial charge in [-0.05, 0) is 38.1 Å². The van der Waals surface area contributed by atoms with Crippen LogP contribution in [0.25, 0.3) is 0 Å². The van der Waals surface area contributed by atoms with Crippen molar-refractivity contribution < 1.29 is 9.47 Å². The average molecular weight is 276 g/mol. The van der Waals surface area contributed by atoms with Crippen molar-refractivity contribution in [2.45, 2.75) is 18.8 Å². The van der Waals surface area contributed by atoms with Crippen molar-refractivity contribution in [1.82, 2.24) is 4.90 Å². The summed E-state index contributed by atoms with van der Waals surface area (Å²) in [7, 11) is 1.74. The zero-order chi connectivity index (χ0) is 13.9. The second kappa shape index (κ2) is 6.02. The molecule has 2 aliphatic rings. The molecule has 0 amide bonds. The fourth-order valence-corrected chi connectivity index (χ4v) is 3.51. The minimum absolute atomic E-state index is 0.549. The second-order valence-corrected chi connectivity index (χ2v) is 5.81. The van der Waals surface area contributed by atoms with Gasteiger partial charge in [0, 0.05) is 30.5 Å². The van der Waals surface area contributed by atoms with Crippen LogP contribution < -0.4 is 15.2 Å². The highest BCUT2D eigenvalue weighted by Gasteiger charge is 2.40. The van der Waals surface area contributed by atoms with Crippen molar-refractivity contribution in [3.05, 3.63) is 23.8 Å². The van der Waals surface area contributed by atoms with Crippen LogP contribution in [0.5, 0.6) is 11.5 Å². The zero-order valence-corrected chi connectivity index (χ0v) is 12.2. The molecular formula is C16H24N2O2. The van der Waals surface area contributed by atoms with E-state index in [1.165, 1.54) is 12.0 Å².